The van der Waals surface area contributed by atoms with Crippen molar-refractivity contribution in [1.29, 1.82) is 0 Å². The number of nitrogens with zero attached hydrogens (tertiary/aromatic N) is 1. The molecule has 2 aromatic heterocycles. The van der Waals surface area contributed by atoms with Crippen LogP contribution < -0.4 is 5.73 Å². The zero-order chi connectivity index (χ0) is 15.1. The molecule has 0 saturated heterocycles. The number of hydrogen-bond donors (Lipinski definition) is 1. The van der Waals surface area contributed by atoms with Crippen molar-refractivity contribution >= 4 is 17.2 Å². The molecule has 4 nitrogen and oxygen atoms in total. The van der Waals surface area contributed by atoms with Crippen LogP contribution in [-0.4, -0.2) is 24.4 Å². The van der Waals surface area contributed by atoms with Gasteiger partial charge in [0.1, 0.15) is 5.76 Å². The number of aryl methyl sites for hydroxylation is 1. The molecule has 2 heterocycles. The Hall–Kier alpha value is -2.03. The predicted octanol–water partition coefficient (Wildman–Crippen LogP) is 2.24. The zero-order valence-electron chi connectivity index (χ0n) is 12.0. The lowest BCUT2D eigenvalue weighted by molar-refractivity contribution is -0.130. The van der Waals surface area contributed by atoms with Gasteiger partial charge in [-0.05, 0) is 29.1 Å². The molecule has 0 unspecified atom stereocenters. The lowest BCUT2D eigenvalue weighted by atomic mass is 10.2. The third kappa shape index (κ3) is 4.78. The van der Waals surface area contributed by atoms with Crippen molar-refractivity contribution in [2.24, 2.45) is 5.73 Å². The summed E-state index contributed by atoms with van der Waals surface area (Å²) in [6.45, 7) is 0.955. The molecule has 0 aromatic carbocycles. The quantitative estimate of drug-likeness (QED) is 0.862. The first-order chi connectivity index (χ1) is 10.2. The largest absolute Gasteiger partial charge is 0.469 e. The van der Waals surface area contributed by atoms with E-state index < -0.39 is 0 Å². The van der Waals surface area contributed by atoms with Gasteiger partial charge in [-0.25, -0.2) is 0 Å². The summed E-state index contributed by atoms with van der Waals surface area (Å²) < 4.78 is 5.23. The molecule has 2 rings (SSSR count). The molecule has 0 fully saturated rings. The van der Waals surface area contributed by atoms with E-state index in [0.717, 1.165) is 16.2 Å². The summed E-state index contributed by atoms with van der Waals surface area (Å²) in [7, 11) is 1.81. The summed E-state index contributed by atoms with van der Waals surface area (Å²) >= 11 is 1.57. The highest BCUT2D eigenvalue weighted by Gasteiger charge is 2.11. The van der Waals surface area contributed by atoms with Gasteiger partial charge in [-0.1, -0.05) is 11.8 Å². The van der Waals surface area contributed by atoms with Crippen LogP contribution in [0.1, 0.15) is 22.6 Å². The molecule has 0 saturated carbocycles. The minimum absolute atomic E-state index is 0.104. The molecule has 2 N–H and O–H groups in total. The van der Waals surface area contributed by atoms with Crippen molar-refractivity contribution in [3.63, 3.8) is 0 Å². The Morgan fingerprint density at radius 3 is 3.10 bits per heavy atom. The van der Waals surface area contributed by atoms with E-state index in [-0.39, 0.29) is 5.91 Å². The summed E-state index contributed by atoms with van der Waals surface area (Å²) in [5, 5.41) is 2.02. The number of thiophene rings is 1. The Balaban J connectivity index is 1.84. The van der Waals surface area contributed by atoms with E-state index in [2.05, 4.69) is 11.8 Å². The van der Waals surface area contributed by atoms with Crippen LogP contribution in [0.5, 0.6) is 0 Å². The Kier molecular flexibility index (Phi) is 5.61. The number of rotatable bonds is 5. The second-order valence-corrected chi connectivity index (χ2v) is 5.57. The van der Waals surface area contributed by atoms with Crippen molar-refractivity contribution in [2.75, 3.05) is 13.6 Å². The molecule has 0 atom stereocenters. The Labute approximate surface area is 128 Å². The molecular formula is C16H18N2O2S. The van der Waals surface area contributed by atoms with E-state index in [0.29, 0.717) is 25.9 Å². The summed E-state index contributed by atoms with van der Waals surface area (Å²) in [6.07, 6.45) is 2.71. The fraction of sp³-hybridized carbons (Fsp3) is 0.312. The van der Waals surface area contributed by atoms with E-state index in [9.17, 15) is 4.79 Å². The summed E-state index contributed by atoms with van der Waals surface area (Å²) in [5.41, 5.74) is 6.44. The summed E-state index contributed by atoms with van der Waals surface area (Å²) in [4.78, 5) is 14.8. The van der Waals surface area contributed by atoms with Gasteiger partial charge in [0.15, 0.2) is 0 Å². The maximum Gasteiger partial charge on any atom is 0.223 e. The number of carbonyl (C=O) groups excluding carboxylic acids is 1. The molecule has 0 aliphatic carbocycles. The van der Waals surface area contributed by atoms with Gasteiger partial charge in [-0.15, -0.1) is 11.3 Å². The predicted molar refractivity (Wildman–Crippen MR) is 83.8 cm³/mol. The number of carbonyl (C=O) groups is 1. The fourth-order valence-corrected chi connectivity index (χ4v) is 2.67. The molecule has 21 heavy (non-hydrogen) atoms. The highest BCUT2D eigenvalue weighted by Crippen LogP contribution is 2.15. The SMILES string of the molecule is CN(Cc1csc(C#CCN)c1)C(=O)CCc1ccco1. The van der Waals surface area contributed by atoms with Crippen LogP contribution in [0.15, 0.2) is 34.3 Å². The molecular weight excluding hydrogens is 284 g/mol. The van der Waals surface area contributed by atoms with E-state index >= 15 is 0 Å². The van der Waals surface area contributed by atoms with Gasteiger partial charge in [0.2, 0.25) is 5.91 Å². The standard InChI is InChI=1S/C16H18N2O2S/c1-18(16(19)7-6-14-4-3-9-20-14)11-13-10-15(21-12-13)5-2-8-17/h3-4,9-10,12H,6-8,11,17H2,1H3. The van der Waals surface area contributed by atoms with E-state index in [1.54, 1.807) is 22.5 Å². The van der Waals surface area contributed by atoms with Crippen LogP contribution in [0.25, 0.3) is 0 Å². The van der Waals surface area contributed by atoms with Gasteiger partial charge in [0.25, 0.3) is 0 Å². The fourth-order valence-electron chi connectivity index (χ4n) is 1.90. The number of hydrogen-bond acceptors (Lipinski definition) is 4. The molecule has 1 amide bonds. The highest BCUT2D eigenvalue weighted by atomic mass is 32.1. The minimum atomic E-state index is 0.104. The van der Waals surface area contributed by atoms with E-state index in [4.69, 9.17) is 10.2 Å². The van der Waals surface area contributed by atoms with Crippen molar-refractivity contribution in [1.82, 2.24) is 4.90 Å². The van der Waals surface area contributed by atoms with Gasteiger partial charge < -0.3 is 15.1 Å². The number of nitrogens with two attached hydrogens (primary N) is 1. The Morgan fingerprint density at radius 2 is 2.38 bits per heavy atom. The molecule has 0 bridgehead atoms. The number of furan rings is 1. The van der Waals surface area contributed by atoms with Crippen LogP contribution >= 0.6 is 11.3 Å². The second-order valence-electron chi connectivity index (χ2n) is 4.65. The summed E-state index contributed by atoms with van der Waals surface area (Å²) in [5.74, 6) is 6.77. The molecule has 5 heteroatoms. The van der Waals surface area contributed by atoms with Gasteiger partial charge in [0.05, 0.1) is 17.7 Å². The lowest BCUT2D eigenvalue weighted by Crippen LogP contribution is -2.26. The van der Waals surface area contributed by atoms with E-state index in [1.165, 1.54) is 0 Å². The topological polar surface area (TPSA) is 59.5 Å². The minimum Gasteiger partial charge on any atom is -0.469 e. The third-order valence-electron chi connectivity index (χ3n) is 2.98. The van der Waals surface area contributed by atoms with Crippen LogP contribution in [0.2, 0.25) is 0 Å². The van der Waals surface area contributed by atoms with Crippen molar-refractivity contribution in [3.8, 4) is 11.8 Å². The maximum absolute atomic E-state index is 12.1. The average molecular weight is 302 g/mol. The van der Waals surface area contributed by atoms with E-state index in [1.807, 2.05) is 30.6 Å². The van der Waals surface area contributed by atoms with Crippen LogP contribution in [0.3, 0.4) is 0 Å². The average Bonchev–Trinajstić information content (AvgIpc) is 3.14. The molecule has 0 radical (unpaired) electrons. The van der Waals surface area contributed by atoms with Gasteiger partial charge >= 0.3 is 0 Å². The first-order valence-electron chi connectivity index (χ1n) is 6.71. The molecule has 2 aromatic rings. The highest BCUT2D eigenvalue weighted by molar-refractivity contribution is 7.10. The molecule has 0 aliphatic heterocycles. The molecule has 110 valence electrons. The number of amides is 1. The second kappa shape index (κ2) is 7.67. The molecule has 0 aliphatic rings. The Bertz CT molecular complexity index is 635. The van der Waals surface area contributed by atoms with Gasteiger partial charge in [0, 0.05) is 26.4 Å². The van der Waals surface area contributed by atoms with Gasteiger partial charge in [-0.2, -0.15) is 0 Å². The van der Waals surface area contributed by atoms with Crippen molar-refractivity contribution in [3.05, 3.63) is 46.0 Å². The third-order valence-corrected chi connectivity index (χ3v) is 3.87. The van der Waals surface area contributed by atoms with Crippen LogP contribution in [-0.2, 0) is 17.8 Å². The Morgan fingerprint density at radius 1 is 1.52 bits per heavy atom. The molecule has 0 spiro atoms. The normalized spacial score (nSPS) is 10.0. The van der Waals surface area contributed by atoms with Crippen LogP contribution in [0, 0.1) is 11.8 Å². The van der Waals surface area contributed by atoms with Crippen molar-refractivity contribution < 1.29 is 9.21 Å². The monoisotopic (exact) mass is 302 g/mol. The first kappa shape index (κ1) is 15.4. The van der Waals surface area contributed by atoms with Gasteiger partial charge in [-0.3, -0.25) is 4.79 Å². The maximum atomic E-state index is 12.1. The smallest absolute Gasteiger partial charge is 0.223 e. The lowest BCUT2D eigenvalue weighted by Gasteiger charge is -2.15. The van der Waals surface area contributed by atoms with Crippen molar-refractivity contribution in [2.45, 2.75) is 19.4 Å². The van der Waals surface area contributed by atoms with Crippen LogP contribution in [0.4, 0.5) is 0 Å². The zero-order valence-corrected chi connectivity index (χ0v) is 12.8. The first-order valence-corrected chi connectivity index (χ1v) is 7.59. The summed E-state index contributed by atoms with van der Waals surface area (Å²) in [6, 6.07) is 5.72.